The molecule has 9 heteroatoms. The van der Waals surface area contributed by atoms with E-state index < -0.39 is 15.9 Å². The Kier molecular flexibility index (Phi) is 5.42. The quantitative estimate of drug-likeness (QED) is 0.670. The topological polar surface area (TPSA) is 118 Å². The van der Waals surface area contributed by atoms with Gasteiger partial charge in [0.25, 0.3) is 15.9 Å². The van der Waals surface area contributed by atoms with E-state index in [0.717, 1.165) is 18.7 Å². The molecule has 2 aromatic rings. The van der Waals surface area contributed by atoms with Crippen molar-refractivity contribution in [2.24, 2.45) is 17.8 Å². The van der Waals surface area contributed by atoms with E-state index in [4.69, 9.17) is 10.7 Å². The Bertz CT molecular complexity index is 1290. The third-order valence-corrected chi connectivity index (χ3v) is 8.55. The molecule has 8 nitrogen and oxygen atoms in total. The summed E-state index contributed by atoms with van der Waals surface area (Å²) < 4.78 is 27.9. The van der Waals surface area contributed by atoms with Gasteiger partial charge in [0.1, 0.15) is 11.6 Å². The lowest BCUT2D eigenvalue weighted by atomic mass is 9.94. The molecule has 5 rings (SSSR count). The molecule has 1 aliphatic heterocycles. The van der Waals surface area contributed by atoms with Gasteiger partial charge in [-0.15, -0.1) is 0 Å². The fraction of sp³-hybridized carbons (Fsp3) is 0.480. The Labute approximate surface area is 200 Å². The number of aromatic nitrogens is 2. The number of rotatable bonds is 5. The monoisotopic (exact) mass is 481 g/mol. The van der Waals surface area contributed by atoms with Gasteiger partial charge < -0.3 is 10.6 Å². The van der Waals surface area contributed by atoms with E-state index in [0.29, 0.717) is 23.6 Å². The van der Waals surface area contributed by atoms with E-state index in [-0.39, 0.29) is 21.9 Å². The van der Waals surface area contributed by atoms with Crippen LogP contribution in [0.1, 0.15) is 62.5 Å². The molecule has 1 saturated carbocycles. The first-order valence-corrected chi connectivity index (χ1v) is 13.3. The maximum Gasteiger partial charge on any atom is 0.281 e. The summed E-state index contributed by atoms with van der Waals surface area (Å²) in [5.74, 6) is 1.43. The molecule has 2 aliphatic carbocycles. The predicted octanol–water partition coefficient (Wildman–Crippen LogP) is 3.62. The molecule has 1 amide bonds. The Morgan fingerprint density at radius 3 is 2.59 bits per heavy atom. The second-order valence-electron chi connectivity index (χ2n) is 10.5. The van der Waals surface area contributed by atoms with Gasteiger partial charge in [-0.25, -0.2) is 14.7 Å². The molecule has 2 bridgehead atoms. The zero-order chi connectivity index (χ0) is 24.3. The molecule has 34 heavy (non-hydrogen) atoms. The van der Waals surface area contributed by atoms with Crippen LogP contribution in [0.5, 0.6) is 0 Å². The molecule has 1 saturated heterocycles. The molecule has 2 fully saturated rings. The second kappa shape index (κ2) is 8.08. The van der Waals surface area contributed by atoms with Gasteiger partial charge in [0.05, 0.1) is 11.3 Å². The highest BCUT2D eigenvalue weighted by Gasteiger charge is 2.40. The predicted molar refractivity (Wildman–Crippen MR) is 132 cm³/mol. The van der Waals surface area contributed by atoms with Crippen molar-refractivity contribution in [3.63, 3.8) is 0 Å². The molecule has 3 heterocycles. The number of carbonyl (C=O) groups is 1. The summed E-state index contributed by atoms with van der Waals surface area (Å²) in [6.45, 7) is 7.20. The Morgan fingerprint density at radius 2 is 1.97 bits per heavy atom. The standard InChI is InChI=1S/C25H31N5O3S/c1-15-13-25(2,3)30(14-15)23-18(9-10-20(27-23)19-12-16-7-8-17(19)11-16)24(31)29-34(32,33)22-6-4-5-21(26)28-22/h4-6,9-10,12,15-17H,7-8,11,13-14H2,1-3H3,(H2,26,28)(H,29,31)/t15-,16?,17?/m0/s1. The van der Waals surface area contributed by atoms with Crippen molar-refractivity contribution in [3.05, 3.63) is 47.7 Å². The number of nitrogen functional groups attached to an aromatic ring is 1. The van der Waals surface area contributed by atoms with Gasteiger partial charge in [-0.3, -0.25) is 4.79 Å². The summed E-state index contributed by atoms with van der Waals surface area (Å²) in [5.41, 5.74) is 7.81. The van der Waals surface area contributed by atoms with Crippen LogP contribution in [0.2, 0.25) is 0 Å². The largest absolute Gasteiger partial charge is 0.384 e. The second-order valence-corrected chi connectivity index (χ2v) is 12.2. The molecule has 2 aromatic heterocycles. The molecular formula is C25H31N5O3S. The number of amides is 1. The van der Waals surface area contributed by atoms with Crippen LogP contribution in [0.15, 0.2) is 41.4 Å². The minimum Gasteiger partial charge on any atom is -0.384 e. The van der Waals surface area contributed by atoms with Gasteiger partial charge in [-0.2, -0.15) is 8.42 Å². The number of carbonyl (C=O) groups excluding carboxylic acids is 1. The summed E-state index contributed by atoms with van der Waals surface area (Å²) in [5, 5.41) is -0.297. The Morgan fingerprint density at radius 1 is 1.18 bits per heavy atom. The molecule has 180 valence electrons. The Balaban J connectivity index is 1.53. The van der Waals surface area contributed by atoms with Crippen LogP contribution in [-0.4, -0.2) is 36.4 Å². The van der Waals surface area contributed by atoms with Crippen molar-refractivity contribution in [1.29, 1.82) is 0 Å². The highest BCUT2D eigenvalue weighted by molar-refractivity contribution is 7.90. The highest BCUT2D eigenvalue weighted by atomic mass is 32.2. The molecule has 0 radical (unpaired) electrons. The molecule has 3 atom stereocenters. The number of nitrogens with two attached hydrogens (primary N) is 1. The molecule has 3 aliphatic rings. The first kappa shape index (κ1) is 22.8. The Hall–Kier alpha value is -2.94. The van der Waals surface area contributed by atoms with Crippen LogP contribution in [0.4, 0.5) is 11.6 Å². The molecule has 2 unspecified atom stereocenters. The van der Waals surface area contributed by atoms with Crippen LogP contribution < -0.4 is 15.4 Å². The van der Waals surface area contributed by atoms with Crippen molar-refractivity contribution < 1.29 is 13.2 Å². The van der Waals surface area contributed by atoms with Crippen LogP contribution in [-0.2, 0) is 10.0 Å². The smallest absolute Gasteiger partial charge is 0.281 e. The van der Waals surface area contributed by atoms with Gasteiger partial charge in [0.15, 0.2) is 5.03 Å². The fourth-order valence-corrected chi connectivity index (χ4v) is 6.84. The third kappa shape index (κ3) is 4.06. The maximum atomic E-state index is 13.3. The van der Waals surface area contributed by atoms with Crippen LogP contribution in [0.3, 0.4) is 0 Å². The average molecular weight is 482 g/mol. The summed E-state index contributed by atoms with van der Waals surface area (Å²) in [6, 6.07) is 7.84. The van der Waals surface area contributed by atoms with E-state index in [9.17, 15) is 13.2 Å². The van der Waals surface area contributed by atoms with Gasteiger partial charge in [0.2, 0.25) is 0 Å². The van der Waals surface area contributed by atoms with E-state index in [2.05, 4.69) is 41.5 Å². The summed E-state index contributed by atoms with van der Waals surface area (Å²) >= 11 is 0. The third-order valence-electron chi connectivity index (χ3n) is 7.32. The fourth-order valence-electron chi connectivity index (χ4n) is 5.90. The number of sulfonamides is 1. The van der Waals surface area contributed by atoms with Gasteiger partial charge >= 0.3 is 0 Å². The number of anilines is 2. The van der Waals surface area contributed by atoms with Crippen molar-refractivity contribution in [2.45, 2.75) is 57.0 Å². The van der Waals surface area contributed by atoms with E-state index >= 15 is 0 Å². The summed E-state index contributed by atoms with van der Waals surface area (Å²) in [7, 11) is -4.19. The van der Waals surface area contributed by atoms with Crippen molar-refractivity contribution >= 4 is 33.1 Å². The zero-order valence-electron chi connectivity index (χ0n) is 19.8. The van der Waals surface area contributed by atoms with Crippen LogP contribution in [0.25, 0.3) is 5.57 Å². The average Bonchev–Trinajstić information content (AvgIpc) is 3.47. The molecule has 3 N–H and O–H groups in total. The van der Waals surface area contributed by atoms with Crippen LogP contribution in [0, 0.1) is 17.8 Å². The number of pyridine rings is 2. The number of allylic oxidation sites excluding steroid dienone is 2. The maximum absolute atomic E-state index is 13.3. The zero-order valence-corrected chi connectivity index (χ0v) is 20.6. The van der Waals surface area contributed by atoms with Crippen LogP contribution >= 0.6 is 0 Å². The number of nitrogens with one attached hydrogen (secondary N) is 1. The molecule has 0 aromatic carbocycles. The number of fused-ring (bicyclic) bond motifs is 2. The minimum atomic E-state index is -4.19. The number of hydrogen-bond acceptors (Lipinski definition) is 7. The lowest BCUT2D eigenvalue weighted by Crippen LogP contribution is -2.41. The van der Waals surface area contributed by atoms with E-state index in [1.807, 2.05) is 6.07 Å². The normalized spacial score (nSPS) is 25.4. The molecule has 0 spiro atoms. The minimum absolute atomic E-state index is 0.0639. The lowest BCUT2D eigenvalue weighted by Gasteiger charge is -2.34. The first-order valence-electron chi connectivity index (χ1n) is 11.8. The van der Waals surface area contributed by atoms with Crippen molar-refractivity contribution in [1.82, 2.24) is 14.7 Å². The van der Waals surface area contributed by atoms with Crippen molar-refractivity contribution in [3.8, 4) is 0 Å². The van der Waals surface area contributed by atoms with Gasteiger partial charge in [0, 0.05) is 12.1 Å². The highest BCUT2D eigenvalue weighted by Crippen LogP contribution is 2.48. The lowest BCUT2D eigenvalue weighted by molar-refractivity contribution is 0.0981. The van der Waals surface area contributed by atoms with Crippen molar-refractivity contribution in [2.75, 3.05) is 17.2 Å². The van der Waals surface area contributed by atoms with Gasteiger partial charge in [-0.05, 0) is 87.1 Å². The SMILES string of the molecule is C[C@@H]1CN(c2nc(C3=CC4CCC3C4)ccc2C(=O)NS(=O)(=O)c2cccc(N)n2)C(C)(C)C1. The van der Waals surface area contributed by atoms with Gasteiger partial charge in [-0.1, -0.05) is 19.1 Å². The first-order chi connectivity index (χ1) is 16.0. The van der Waals surface area contributed by atoms with E-state index in [1.165, 1.54) is 43.0 Å². The number of hydrogen-bond donors (Lipinski definition) is 2. The van der Waals surface area contributed by atoms with E-state index in [1.54, 1.807) is 6.07 Å². The molecular weight excluding hydrogens is 450 g/mol. The summed E-state index contributed by atoms with van der Waals surface area (Å²) in [4.78, 5) is 24.3. The number of nitrogens with zero attached hydrogens (tertiary/aromatic N) is 3. The summed E-state index contributed by atoms with van der Waals surface area (Å²) in [6.07, 6.45) is 6.86.